The zero-order valence-corrected chi connectivity index (χ0v) is 6.99. The van der Waals surface area contributed by atoms with Crippen LogP contribution in [0.1, 0.15) is 0 Å². The number of nitrogens with zero attached hydrogens (tertiary/aromatic N) is 1. The largest absolute Gasteiger partial charge is 0.244 e. The fraction of sp³-hybridized carbons (Fsp3) is 0.250. The molecule has 0 aromatic carbocycles. The van der Waals surface area contributed by atoms with E-state index in [0.717, 1.165) is 5.03 Å². The average molecular weight is 227 g/mol. The lowest BCUT2D eigenvalue weighted by atomic mass is 11.0. The van der Waals surface area contributed by atoms with E-state index in [1.807, 2.05) is 6.26 Å². The van der Waals surface area contributed by atoms with Gasteiger partial charge in [-0.2, -0.15) is 0 Å². The van der Waals surface area contributed by atoms with E-state index in [1.54, 1.807) is 16.0 Å². The molecule has 0 spiro atoms. The van der Waals surface area contributed by atoms with Crippen LogP contribution in [-0.4, -0.2) is 10.5 Å². The Bertz CT molecular complexity index is 89.7. The monoisotopic (exact) mass is 227 g/mol. The van der Waals surface area contributed by atoms with Crippen LogP contribution >= 0.6 is 34.4 Å². The van der Waals surface area contributed by atoms with Gasteiger partial charge in [-0.05, 0) is 28.8 Å². The number of halogens is 1. The highest BCUT2D eigenvalue weighted by Crippen LogP contribution is 2.08. The van der Waals surface area contributed by atoms with Crippen LogP contribution in [0.15, 0.2) is 16.6 Å². The van der Waals surface area contributed by atoms with Gasteiger partial charge in [-0.25, -0.2) is 4.99 Å². The average Bonchev–Trinajstić information content (AvgIpc) is 1.68. The first-order valence-corrected chi connectivity index (χ1v) is 4.14. The summed E-state index contributed by atoms with van der Waals surface area (Å²) in [6, 6.07) is 0. The van der Waals surface area contributed by atoms with Crippen LogP contribution in [0.2, 0.25) is 0 Å². The van der Waals surface area contributed by atoms with Gasteiger partial charge in [0, 0.05) is 0 Å². The maximum Gasteiger partial charge on any atom is 0.0890 e. The van der Waals surface area contributed by atoms with Crippen LogP contribution < -0.4 is 0 Å². The van der Waals surface area contributed by atoms with E-state index in [4.69, 9.17) is 0 Å². The van der Waals surface area contributed by atoms with E-state index in [1.165, 1.54) is 0 Å². The summed E-state index contributed by atoms with van der Waals surface area (Å²) >= 11 is 3.61. The molecular weight excluding hydrogens is 221 g/mol. The second-order valence-electron chi connectivity index (χ2n) is 0.825. The van der Waals surface area contributed by atoms with Gasteiger partial charge in [-0.1, -0.05) is 6.58 Å². The second-order valence-corrected chi connectivity index (χ2v) is 2.26. The van der Waals surface area contributed by atoms with E-state index in [9.17, 15) is 0 Å². The lowest BCUT2D eigenvalue weighted by molar-refractivity contribution is 1.60. The molecule has 0 radical (unpaired) electrons. The molecule has 0 unspecified atom stereocenters. The highest BCUT2D eigenvalue weighted by molar-refractivity contribution is 14.1. The van der Waals surface area contributed by atoms with Crippen molar-refractivity contribution in [2.24, 2.45) is 4.99 Å². The lowest BCUT2D eigenvalue weighted by Crippen LogP contribution is -1.60. The van der Waals surface area contributed by atoms with Crippen molar-refractivity contribution in [3.63, 3.8) is 0 Å². The smallest absolute Gasteiger partial charge is 0.0890 e. The number of thioether (sulfide) groups is 1. The van der Waals surface area contributed by atoms with Crippen molar-refractivity contribution >= 4 is 38.6 Å². The van der Waals surface area contributed by atoms with Crippen LogP contribution in [0, 0.1) is 0 Å². The Hall–Kier alpha value is 0.490. The molecule has 0 aliphatic rings. The Labute approximate surface area is 61.4 Å². The quantitative estimate of drug-likeness (QED) is 0.520. The van der Waals surface area contributed by atoms with Gasteiger partial charge >= 0.3 is 0 Å². The van der Waals surface area contributed by atoms with Crippen molar-refractivity contribution in [1.29, 1.82) is 0 Å². The van der Waals surface area contributed by atoms with E-state index >= 15 is 0 Å². The minimum Gasteiger partial charge on any atom is -0.244 e. The third kappa shape index (κ3) is 4.34. The Morgan fingerprint density at radius 3 is 2.71 bits per heavy atom. The lowest BCUT2D eigenvalue weighted by Gasteiger charge is -1.84. The minimum absolute atomic E-state index is 0.856. The van der Waals surface area contributed by atoms with Gasteiger partial charge in [-0.15, -0.1) is 11.8 Å². The summed E-state index contributed by atoms with van der Waals surface area (Å²) < 4.78 is 1.70. The van der Waals surface area contributed by atoms with Gasteiger partial charge < -0.3 is 0 Å². The third-order valence-corrected chi connectivity index (χ3v) is 1.28. The summed E-state index contributed by atoms with van der Waals surface area (Å²) in [5.74, 6) is 0. The van der Waals surface area contributed by atoms with Crippen LogP contribution in [-0.2, 0) is 0 Å². The van der Waals surface area contributed by atoms with Crippen LogP contribution in [0.3, 0.4) is 0 Å². The third-order valence-electron chi connectivity index (χ3n) is 0.428. The number of hydrogen-bond acceptors (Lipinski definition) is 2. The molecule has 0 aliphatic carbocycles. The SMILES string of the molecule is C=C(N=CI)SC. The van der Waals surface area contributed by atoms with E-state index in [2.05, 4.69) is 34.2 Å². The molecule has 40 valence electrons. The maximum absolute atomic E-state index is 3.87. The molecule has 0 heterocycles. The highest BCUT2D eigenvalue weighted by atomic mass is 127. The first-order valence-electron chi connectivity index (χ1n) is 1.67. The molecule has 3 heteroatoms. The minimum atomic E-state index is 0.856. The Morgan fingerprint density at radius 2 is 2.57 bits per heavy atom. The normalized spacial score (nSPS) is 10.0. The Morgan fingerprint density at radius 1 is 2.00 bits per heavy atom. The number of hydrogen-bond donors (Lipinski definition) is 0. The van der Waals surface area contributed by atoms with Crippen molar-refractivity contribution in [1.82, 2.24) is 0 Å². The summed E-state index contributed by atoms with van der Waals surface area (Å²) in [6.07, 6.45) is 1.95. The summed E-state index contributed by atoms with van der Waals surface area (Å²) in [5.41, 5.74) is 0. The predicted octanol–water partition coefficient (Wildman–Crippen LogP) is 2.28. The van der Waals surface area contributed by atoms with E-state index < -0.39 is 0 Å². The van der Waals surface area contributed by atoms with Crippen molar-refractivity contribution in [2.75, 3.05) is 6.26 Å². The highest BCUT2D eigenvalue weighted by Gasteiger charge is 1.77. The molecule has 1 nitrogen and oxygen atoms in total. The van der Waals surface area contributed by atoms with Crippen LogP contribution in [0.4, 0.5) is 0 Å². The fourth-order valence-corrected chi connectivity index (χ4v) is 0.790. The van der Waals surface area contributed by atoms with Crippen molar-refractivity contribution in [3.8, 4) is 0 Å². The summed E-state index contributed by atoms with van der Waals surface area (Å²) in [5, 5.41) is 0.856. The topological polar surface area (TPSA) is 12.4 Å². The molecule has 0 rings (SSSR count). The molecule has 0 saturated carbocycles. The maximum atomic E-state index is 3.87. The summed E-state index contributed by atoms with van der Waals surface area (Å²) in [6.45, 7) is 3.62. The number of aliphatic imine (C=N–C) groups is 1. The van der Waals surface area contributed by atoms with Crippen LogP contribution in [0.5, 0.6) is 0 Å². The van der Waals surface area contributed by atoms with Crippen molar-refractivity contribution in [2.45, 2.75) is 0 Å². The molecule has 0 aliphatic heterocycles. The zero-order chi connectivity index (χ0) is 5.70. The summed E-state index contributed by atoms with van der Waals surface area (Å²) in [4.78, 5) is 3.87. The zero-order valence-electron chi connectivity index (χ0n) is 4.02. The standard InChI is InChI=1S/C4H6INS/c1-4(7-2)6-3-5/h3H,1H2,2H3. The van der Waals surface area contributed by atoms with Crippen molar-refractivity contribution < 1.29 is 0 Å². The molecule has 0 N–H and O–H groups in total. The predicted molar refractivity (Wildman–Crippen MR) is 45.2 cm³/mol. The van der Waals surface area contributed by atoms with Gasteiger partial charge in [0.1, 0.15) is 0 Å². The van der Waals surface area contributed by atoms with Gasteiger partial charge in [0.25, 0.3) is 0 Å². The second kappa shape index (κ2) is 4.64. The first kappa shape index (κ1) is 7.49. The molecule has 0 fully saturated rings. The van der Waals surface area contributed by atoms with Crippen molar-refractivity contribution in [3.05, 3.63) is 11.6 Å². The molecular formula is C4H6INS. The molecule has 0 amide bonds. The van der Waals surface area contributed by atoms with Crippen LogP contribution in [0.25, 0.3) is 0 Å². The fourth-order valence-electron chi connectivity index (χ4n) is 0.107. The van der Waals surface area contributed by atoms with Gasteiger partial charge in [0.2, 0.25) is 0 Å². The summed E-state index contributed by atoms with van der Waals surface area (Å²) in [7, 11) is 0. The van der Waals surface area contributed by atoms with Gasteiger partial charge in [-0.3, -0.25) is 0 Å². The molecule has 7 heavy (non-hydrogen) atoms. The molecule has 0 bridgehead atoms. The Balaban J connectivity index is 3.37. The van der Waals surface area contributed by atoms with Gasteiger partial charge in [0.05, 0.1) is 9.25 Å². The van der Waals surface area contributed by atoms with E-state index in [-0.39, 0.29) is 0 Å². The Kier molecular flexibility index (Phi) is 4.97. The number of rotatable bonds is 2. The molecule has 0 aromatic heterocycles. The molecule has 0 saturated heterocycles. The molecule has 0 aromatic rings. The van der Waals surface area contributed by atoms with Gasteiger partial charge in [0.15, 0.2) is 0 Å². The molecule has 0 atom stereocenters. The van der Waals surface area contributed by atoms with E-state index in [0.29, 0.717) is 0 Å². The first-order chi connectivity index (χ1) is 3.31.